The number of para-hydroxylation sites is 2. The first-order chi connectivity index (χ1) is 26.2. The van der Waals surface area contributed by atoms with Gasteiger partial charge in [0.05, 0.1) is 22.6 Å². The SMILES string of the molecule is C=Cc1c(/C=C\C)c2ccccc2n1-c1ccc(-c2nc(-c3ccc(-c4cc5ccccc5o4)cc3)cc(-c3cccc(-c4ccccc4)c3)n2)cc1. The second-order valence-corrected chi connectivity index (χ2v) is 13.0. The fraction of sp³-hybridized carbons (Fsp3) is 0.0204. The second-order valence-electron chi connectivity index (χ2n) is 13.0. The molecule has 0 saturated carbocycles. The maximum Gasteiger partial charge on any atom is 0.160 e. The third kappa shape index (κ3) is 5.96. The summed E-state index contributed by atoms with van der Waals surface area (Å²) in [4.78, 5) is 10.3. The summed E-state index contributed by atoms with van der Waals surface area (Å²) >= 11 is 0. The Balaban J connectivity index is 1.14. The number of rotatable bonds is 8. The topological polar surface area (TPSA) is 43.9 Å². The smallest absolute Gasteiger partial charge is 0.160 e. The van der Waals surface area contributed by atoms with E-state index in [1.54, 1.807) is 0 Å². The van der Waals surface area contributed by atoms with Gasteiger partial charge < -0.3 is 8.98 Å². The molecular weight excluding hydrogens is 647 g/mol. The van der Waals surface area contributed by atoms with Crippen LogP contribution < -0.4 is 0 Å². The highest BCUT2D eigenvalue weighted by Crippen LogP contribution is 2.35. The van der Waals surface area contributed by atoms with Gasteiger partial charge in [0.15, 0.2) is 5.82 Å². The fourth-order valence-corrected chi connectivity index (χ4v) is 7.16. The summed E-state index contributed by atoms with van der Waals surface area (Å²) in [5, 5.41) is 2.28. The predicted octanol–water partition coefficient (Wildman–Crippen LogP) is 13.2. The average Bonchev–Trinajstić information content (AvgIpc) is 3.81. The summed E-state index contributed by atoms with van der Waals surface area (Å²) in [5.41, 5.74) is 13.2. The van der Waals surface area contributed by atoms with Crippen molar-refractivity contribution < 1.29 is 4.42 Å². The Labute approximate surface area is 308 Å². The van der Waals surface area contributed by atoms with Crippen molar-refractivity contribution in [3.8, 4) is 62.0 Å². The lowest BCUT2D eigenvalue weighted by molar-refractivity contribution is 0.631. The molecule has 0 spiro atoms. The molecule has 0 bridgehead atoms. The highest BCUT2D eigenvalue weighted by Gasteiger charge is 2.16. The maximum atomic E-state index is 6.16. The Morgan fingerprint density at radius 2 is 1.23 bits per heavy atom. The molecule has 3 aromatic heterocycles. The first kappa shape index (κ1) is 31.9. The Morgan fingerprint density at radius 3 is 2.00 bits per heavy atom. The molecule has 9 aromatic rings. The van der Waals surface area contributed by atoms with Crippen LogP contribution in [0.15, 0.2) is 181 Å². The second kappa shape index (κ2) is 13.6. The molecule has 9 rings (SSSR count). The Hall–Kier alpha value is -7.04. The number of hydrogen-bond acceptors (Lipinski definition) is 3. The van der Waals surface area contributed by atoms with Crippen LogP contribution in [0.25, 0.3) is 96.1 Å². The maximum absolute atomic E-state index is 6.16. The summed E-state index contributed by atoms with van der Waals surface area (Å²) in [6.07, 6.45) is 6.17. The molecule has 0 saturated heterocycles. The number of fused-ring (bicyclic) bond motifs is 2. The van der Waals surface area contributed by atoms with E-state index in [2.05, 4.69) is 163 Å². The Bertz CT molecular complexity index is 2750. The van der Waals surface area contributed by atoms with Crippen LogP contribution in [0.4, 0.5) is 0 Å². The van der Waals surface area contributed by atoms with E-state index in [9.17, 15) is 0 Å². The lowest BCUT2D eigenvalue weighted by Gasteiger charge is -2.12. The van der Waals surface area contributed by atoms with E-state index >= 15 is 0 Å². The lowest BCUT2D eigenvalue weighted by Crippen LogP contribution is -1.99. The van der Waals surface area contributed by atoms with Crippen molar-refractivity contribution >= 4 is 34.0 Å². The minimum absolute atomic E-state index is 0.659. The first-order valence-corrected chi connectivity index (χ1v) is 17.8. The quantitative estimate of drug-likeness (QED) is 0.160. The zero-order valence-corrected chi connectivity index (χ0v) is 29.3. The molecule has 0 aliphatic heterocycles. The van der Waals surface area contributed by atoms with E-state index in [4.69, 9.17) is 14.4 Å². The van der Waals surface area contributed by atoms with Gasteiger partial charge in [-0.15, -0.1) is 0 Å². The number of allylic oxidation sites excluding steroid dienone is 1. The van der Waals surface area contributed by atoms with Crippen LogP contribution in [-0.2, 0) is 0 Å². The summed E-state index contributed by atoms with van der Waals surface area (Å²) in [6, 6.07) is 56.7. The minimum Gasteiger partial charge on any atom is -0.456 e. The van der Waals surface area contributed by atoms with Crippen LogP contribution in [0, 0.1) is 0 Å². The van der Waals surface area contributed by atoms with E-state index < -0.39 is 0 Å². The standard InChI is InChI=1S/C49H35N3O/c1-3-13-41-42-19-9-10-20-46(42)52(45(41)4-2)40-28-26-36(27-29-40)49-50-43(32-44(51-49)38-18-12-17-37(30-38)33-14-6-5-7-15-33)34-22-24-35(25-23-34)48-31-39-16-8-11-21-47(39)53-48/h3-32H,2H2,1H3/b13-3-. The number of benzene rings is 6. The van der Waals surface area contributed by atoms with Gasteiger partial charge in [0, 0.05) is 44.3 Å². The average molecular weight is 682 g/mol. The van der Waals surface area contributed by atoms with Crippen LogP contribution in [0.1, 0.15) is 18.2 Å². The van der Waals surface area contributed by atoms with Crippen LogP contribution in [0.2, 0.25) is 0 Å². The largest absolute Gasteiger partial charge is 0.456 e. The van der Waals surface area contributed by atoms with Gasteiger partial charge in [0.1, 0.15) is 11.3 Å². The summed E-state index contributed by atoms with van der Waals surface area (Å²) < 4.78 is 8.42. The monoisotopic (exact) mass is 681 g/mol. The van der Waals surface area contributed by atoms with Gasteiger partial charge in [-0.25, -0.2) is 9.97 Å². The summed E-state index contributed by atoms with van der Waals surface area (Å²) in [7, 11) is 0. The molecule has 3 heterocycles. The summed E-state index contributed by atoms with van der Waals surface area (Å²) in [6.45, 7) is 6.22. The van der Waals surface area contributed by atoms with Crippen molar-refractivity contribution in [1.29, 1.82) is 0 Å². The molecule has 0 aliphatic rings. The molecule has 6 aromatic carbocycles. The van der Waals surface area contributed by atoms with E-state index in [1.165, 1.54) is 5.39 Å². The third-order valence-electron chi connectivity index (χ3n) is 9.74. The molecule has 0 fully saturated rings. The van der Waals surface area contributed by atoms with Crippen LogP contribution in [0.5, 0.6) is 0 Å². The lowest BCUT2D eigenvalue weighted by atomic mass is 10.0. The van der Waals surface area contributed by atoms with Crippen LogP contribution in [0.3, 0.4) is 0 Å². The molecule has 4 nitrogen and oxygen atoms in total. The van der Waals surface area contributed by atoms with E-state index in [0.29, 0.717) is 5.82 Å². The van der Waals surface area contributed by atoms with Crippen molar-refractivity contribution in [3.05, 3.63) is 188 Å². The Kier molecular flexibility index (Phi) is 8.18. The molecular formula is C49H35N3O. The number of nitrogens with zero attached hydrogens (tertiary/aromatic N) is 3. The highest BCUT2D eigenvalue weighted by atomic mass is 16.3. The van der Waals surface area contributed by atoms with Crippen molar-refractivity contribution in [1.82, 2.24) is 14.5 Å². The van der Waals surface area contributed by atoms with Crippen molar-refractivity contribution in [3.63, 3.8) is 0 Å². The molecule has 0 radical (unpaired) electrons. The number of aromatic nitrogens is 3. The van der Waals surface area contributed by atoms with Gasteiger partial charge in [0.2, 0.25) is 0 Å². The van der Waals surface area contributed by atoms with Gasteiger partial charge in [0.25, 0.3) is 0 Å². The molecule has 0 aliphatic carbocycles. The van der Waals surface area contributed by atoms with Crippen molar-refractivity contribution in [2.75, 3.05) is 0 Å². The van der Waals surface area contributed by atoms with Gasteiger partial charge in [-0.05, 0) is 78.7 Å². The van der Waals surface area contributed by atoms with Crippen molar-refractivity contribution in [2.24, 2.45) is 0 Å². The van der Waals surface area contributed by atoms with Crippen LogP contribution in [-0.4, -0.2) is 14.5 Å². The van der Waals surface area contributed by atoms with Gasteiger partial charge >= 0.3 is 0 Å². The predicted molar refractivity (Wildman–Crippen MR) is 221 cm³/mol. The van der Waals surface area contributed by atoms with Crippen molar-refractivity contribution in [2.45, 2.75) is 6.92 Å². The molecule has 0 unspecified atom stereocenters. The molecule has 4 heteroatoms. The molecule has 53 heavy (non-hydrogen) atoms. The number of hydrogen-bond donors (Lipinski definition) is 0. The zero-order valence-electron chi connectivity index (χ0n) is 29.3. The molecule has 252 valence electrons. The third-order valence-corrected chi connectivity index (χ3v) is 9.74. The molecule has 0 amide bonds. The fourth-order valence-electron chi connectivity index (χ4n) is 7.16. The molecule has 0 N–H and O–H groups in total. The van der Waals surface area contributed by atoms with Gasteiger partial charge in [-0.2, -0.15) is 0 Å². The minimum atomic E-state index is 0.659. The van der Waals surface area contributed by atoms with E-state index in [-0.39, 0.29) is 0 Å². The normalized spacial score (nSPS) is 11.5. The highest BCUT2D eigenvalue weighted by molar-refractivity contribution is 5.95. The van der Waals surface area contributed by atoms with E-state index in [1.807, 2.05) is 37.3 Å². The van der Waals surface area contributed by atoms with E-state index in [0.717, 1.165) is 84.0 Å². The van der Waals surface area contributed by atoms with Gasteiger partial charge in [-0.1, -0.05) is 128 Å². The van der Waals surface area contributed by atoms with Gasteiger partial charge in [-0.3, -0.25) is 0 Å². The molecule has 0 atom stereocenters. The first-order valence-electron chi connectivity index (χ1n) is 17.8. The summed E-state index contributed by atoms with van der Waals surface area (Å²) in [5.74, 6) is 1.50. The number of furan rings is 1. The van der Waals surface area contributed by atoms with Crippen LogP contribution >= 0.6 is 0 Å². The Morgan fingerprint density at radius 1 is 0.566 bits per heavy atom. The zero-order chi connectivity index (χ0) is 35.7.